The molecular formula is C15H20N2O. The third kappa shape index (κ3) is 1.68. The molecule has 0 unspecified atom stereocenters. The summed E-state index contributed by atoms with van der Waals surface area (Å²) in [5.74, 6) is 4.29. The number of hydrogen-bond acceptors (Lipinski definition) is 3. The van der Waals surface area contributed by atoms with E-state index in [-0.39, 0.29) is 0 Å². The Bertz CT molecular complexity index is 414. The topological polar surface area (TPSA) is 48.1 Å². The number of rotatable bonds is 2. The molecule has 0 radical (unpaired) electrons. The molecule has 2 N–H and O–H groups in total. The first-order valence-electron chi connectivity index (χ1n) is 7.16. The summed E-state index contributed by atoms with van der Waals surface area (Å²) >= 11 is 0. The highest BCUT2D eigenvalue weighted by molar-refractivity contribution is 5.36. The lowest BCUT2D eigenvalue weighted by Gasteiger charge is -2.53. The molecule has 3 nitrogen and oxygen atoms in total. The van der Waals surface area contributed by atoms with Crippen molar-refractivity contribution in [1.29, 1.82) is 0 Å². The molecule has 4 saturated carbocycles. The van der Waals surface area contributed by atoms with E-state index in [1.54, 1.807) is 6.20 Å². The van der Waals surface area contributed by atoms with Gasteiger partial charge in [0.15, 0.2) is 0 Å². The number of anilines is 1. The van der Waals surface area contributed by atoms with Gasteiger partial charge in [0.1, 0.15) is 6.10 Å². The van der Waals surface area contributed by atoms with Gasteiger partial charge in [-0.3, -0.25) is 0 Å². The highest BCUT2D eigenvalue weighted by atomic mass is 16.5. The third-order valence-corrected chi connectivity index (χ3v) is 5.16. The standard InChI is InChI=1S/C15H20N2O/c16-13-1-2-14(17-8-13)18-15-11-4-9-3-10(6-11)7-12(15)5-9/h1-2,8-12,15H,3-7,16H2. The van der Waals surface area contributed by atoms with Crippen LogP contribution in [0, 0.1) is 23.7 Å². The van der Waals surface area contributed by atoms with Crippen LogP contribution < -0.4 is 10.5 Å². The highest BCUT2D eigenvalue weighted by Crippen LogP contribution is 2.54. The number of aromatic nitrogens is 1. The van der Waals surface area contributed by atoms with Gasteiger partial charge in [-0.25, -0.2) is 4.98 Å². The molecule has 0 saturated heterocycles. The molecule has 0 aromatic carbocycles. The number of nitrogens with zero attached hydrogens (tertiary/aromatic N) is 1. The third-order valence-electron chi connectivity index (χ3n) is 5.16. The normalized spacial score (nSPS) is 41.0. The van der Waals surface area contributed by atoms with Crippen molar-refractivity contribution in [3.05, 3.63) is 18.3 Å². The fourth-order valence-corrected chi connectivity index (χ4v) is 4.67. The average Bonchev–Trinajstić information content (AvgIpc) is 2.35. The van der Waals surface area contributed by atoms with E-state index in [4.69, 9.17) is 10.5 Å². The van der Waals surface area contributed by atoms with Crippen LogP contribution in [0.4, 0.5) is 5.69 Å². The van der Waals surface area contributed by atoms with Gasteiger partial charge in [-0.1, -0.05) is 0 Å². The Balaban J connectivity index is 1.53. The molecule has 4 bridgehead atoms. The van der Waals surface area contributed by atoms with E-state index in [2.05, 4.69) is 4.98 Å². The fourth-order valence-electron chi connectivity index (χ4n) is 4.67. The Morgan fingerprint density at radius 2 is 1.67 bits per heavy atom. The van der Waals surface area contributed by atoms with Crippen molar-refractivity contribution in [1.82, 2.24) is 4.98 Å². The quantitative estimate of drug-likeness (QED) is 0.870. The Hall–Kier alpha value is -1.25. The lowest BCUT2D eigenvalue weighted by molar-refractivity contribution is -0.0805. The van der Waals surface area contributed by atoms with Crippen molar-refractivity contribution in [2.24, 2.45) is 23.7 Å². The van der Waals surface area contributed by atoms with Crippen molar-refractivity contribution in [2.75, 3.05) is 5.73 Å². The molecule has 0 atom stereocenters. The van der Waals surface area contributed by atoms with E-state index >= 15 is 0 Å². The van der Waals surface area contributed by atoms with Gasteiger partial charge < -0.3 is 10.5 Å². The van der Waals surface area contributed by atoms with Gasteiger partial charge >= 0.3 is 0 Å². The molecular weight excluding hydrogens is 224 g/mol. The van der Waals surface area contributed by atoms with Crippen LogP contribution >= 0.6 is 0 Å². The van der Waals surface area contributed by atoms with Crippen molar-refractivity contribution in [3.63, 3.8) is 0 Å². The second-order valence-corrected chi connectivity index (χ2v) is 6.44. The van der Waals surface area contributed by atoms with Crippen LogP contribution in [0.1, 0.15) is 32.1 Å². The van der Waals surface area contributed by atoms with Gasteiger partial charge in [0.25, 0.3) is 0 Å². The maximum absolute atomic E-state index is 6.18. The summed E-state index contributed by atoms with van der Waals surface area (Å²) in [5.41, 5.74) is 6.36. The van der Waals surface area contributed by atoms with E-state index in [0.29, 0.717) is 11.8 Å². The second-order valence-electron chi connectivity index (χ2n) is 6.44. The number of pyridine rings is 1. The van der Waals surface area contributed by atoms with Crippen LogP contribution in [-0.4, -0.2) is 11.1 Å². The maximum Gasteiger partial charge on any atom is 0.213 e. The number of nitrogen functional groups attached to an aromatic ring is 1. The lowest BCUT2D eigenvalue weighted by Crippen LogP contribution is -2.50. The van der Waals surface area contributed by atoms with Crippen LogP contribution in [0.15, 0.2) is 18.3 Å². The summed E-state index contributed by atoms with van der Waals surface area (Å²) in [4.78, 5) is 4.28. The minimum Gasteiger partial charge on any atom is -0.474 e. The minimum atomic E-state index is 0.411. The molecule has 0 aliphatic heterocycles. The summed E-state index contributed by atoms with van der Waals surface area (Å²) in [5, 5.41) is 0. The van der Waals surface area contributed by atoms with Gasteiger partial charge in [0, 0.05) is 6.07 Å². The molecule has 1 aromatic rings. The van der Waals surface area contributed by atoms with Crippen molar-refractivity contribution in [3.8, 4) is 5.88 Å². The van der Waals surface area contributed by atoms with Crippen LogP contribution in [-0.2, 0) is 0 Å². The lowest BCUT2D eigenvalue weighted by atomic mass is 9.55. The molecule has 1 heterocycles. The van der Waals surface area contributed by atoms with Gasteiger partial charge in [-0.2, -0.15) is 0 Å². The van der Waals surface area contributed by atoms with Crippen LogP contribution in [0.25, 0.3) is 0 Å². The summed E-state index contributed by atoms with van der Waals surface area (Å²) in [6, 6.07) is 3.78. The second kappa shape index (κ2) is 3.87. The molecule has 5 rings (SSSR count). The van der Waals surface area contributed by atoms with Gasteiger partial charge in [0.05, 0.1) is 11.9 Å². The average molecular weight is 244 g/mol. The zero-order chi connectivity index (χ0) is 12.1. The first kappa shape index (κ1) is 10.7. The summed E-state index contributed by atoms with van der Waals surface area (Å²) in [7, 11) is 0. The Kier molecular flexibility index (Phi) is 2.29. The largest absolute Gasteiger partial charge is 0.474 e. The molecule has 0 amide bonds. The highest BCUT2D eigenvalue weighted by Gasteiger charge is 2.49. The number of nitrogens with two attached hydrogens (primary N) is 1. The smallest absolute Gasteiger partial charge is 0.213 e. The van der Waals surface area contributed by atoms with Crippen molar-refractivity contribution >= 4 is 5.69 Å². The number of ether oxygens (including phenoxy) is 1. The fraction of sp³-hybridized carbons (Fsp3) is 0.667. The monoisotopic (exact) mass is 244 g/mol. The summed E-state index contributed by atoms with van der Waals surface area (Å²) in [6.07, 6.45) is 9.11. The van der Waals surface area contributed by atoms with Crippen molar-refractivity contribution in [2.45, 2.75) is 38.2 Å². The SMILES string of the molecule is Nc1ccc(OC2C3CC4CC(C3)CC2C4)nc1. The minimum absolute atomic E-state index is 0.411. The molecule has 4 aliphatic carbocycles. The molecule has 4 aliphatic rings. The predicted molar refractivity (Wildman–Crippen MR) is 70.1 cm³/mol. The van der Waals surface area contributed by atoms with Gasteiger partial charge in [-0.05, 0) is 61.8 Å². The molecule has 18 heavy (non-hydrogen) atoms. The maximum atomic E-state index is 6.18. The Morgan fingerprint density at radius 1 is 1.00 bits per heavy atom. The molecule has 3 heteroatoms. The van der Waals surface area contributed by atoms with Gasteiger partial charge in [0.2, 0.25) is 5.88 Å². The van der Waals surface area contributed by atoms with E-state index in [9.17, 15) is 0 Å². The molecule has 1 aromatic heterocycles. The molecule has 0 spiro atoms. The van der Waals surface area contributed by atoms with Gasteiger partial charge in [-0.15, -0.1) is 0 Å². The van der Waals surface area contributed by atoms with E-state index in [1.807, 2.05) is 12.1 Å². The van der Waals surface area contributed by atoms with E-state index < -0.39 is 0 Å². The van der Waals surface area contributed by atoms with Crippen LogP contribution in [0.2, 0.25) is 0 Å². The van der Waals surface area contributed by atoms with Crippen molar-refractivity contribution < 1.29 is 4.74 Å². The number of hydrogen-bond donors (Lipinski definition) is 1. The van der Waals surface area contributed by atoms with Crippen LogP contribution in [0.5, 0.6) is 5.88 Å². The zero-order valence-electron chi connectivity index (χ0n) is 10.6. The predicted octanol–water partition coefficient (Wildman–Crippen LogP) is 2.87. The molecule has 96 valence electrons. The van der Waals surface area contributed by atoms with E-state index in [1.165, 1.54) is 32.1 Å². The Morgan fingerprint density at radius 3 is 2.22 bits per heavy atom. The van der Waals surface area contributed by atoms with E-state index in [0.717, 1.165) is 29.6 Å². The first-order chi connectivity index (χ1) is 8.78. The zero-order valence-corrected chi connectivity index (χ0v) is 10.6. The molecule has 4 fully saturated rings. The summed E-state index contributed by atoms with van der Waals surface area (Å²) in [6.45, 7) is 0. The van der Waals surface area contributed by atoms with Crippen LogP contribution in [0.3, 0.4) is 0 Å². The summed E-state index contributed by atoms with van der Waals surface area (Å²) < 4.78 is 6.18. The Labute approximate surface area is 108 Å². The first-order valence-corrected chi connectivity index (χ1v) is 7.16.